The Morgan fingerprint density at radius 2 is 1.94 bits per heavy atom. The van der Waals surface area contributed by atoms with E-state index in [1.165, 1.54) is 17.2 Å². The summed E-state index contributed by atoms with van der Waals surface area (Å²) >= 11 is 5.77. The maximum Gasteiger partial charge on any atom is 0.255 e. The average Bonchev–Trinajstić information content (AvgIpc) is 2.26. The monoisotopic (exact) mass is 269 g/mol. The van der Waals surface area contributed by atoms with E-state index in [2.05, 4.69) is 10.3 Å². The maximum atomic E-state index is 12.0. The first kappa shape index (κ1) is 14.4. The quantitative estimate of drug-likeness (QED) is 0.848. The summed E-state index contributed by atoms with van der Waals surface area (Å²) in [5, 5.41) is 2.90. The lowest BCUT2D eigenvalue weighted by Gasteiger charge is -2.15. The number of aromatic nitrogens is 1. The predicted octanol–water partition coefficient (Wildman–Crippen LogP) is 1.57. The van der Waals surface area contributed by atoms with Gasteiger partial charge in [0.05, 0.1) is 11.1 Å². The van der Waals surface area contributed by atoms with Gasteiger partial charge in [-0.3, -0.25) is 9.59 Å². The van der Waals surface area contributed by atoms with Crippen molar-refractivity contribution < 1.29 is 9.59 Å². The van der Waals surface area contributed by atoms with Crippen molar-refractivity contribution in [2.75, 3.05) is 14.1 Å². The molecule has 5 nitrogen and oxygen atoms in total. The lowest BCUT2D eigenvalue weighted by Crippen LogP contribution is -2.33. The second kappa shape index (κ2) is 5.82. The molecule has 98 valence electrons. The molecule has 1 aromatic rings. The molecule has 18 heavy (non-hydrogen) atoms. The topological polar surface area (TPSA) is 62.3 Å². The van der Waals surface area contributed by atoms with Crippen LogP contribution >= 0.6 is 11.6 Å². The number of pyridine rings is 1. The molecule has 1 heterocycles. The van der Waals surface area contributed by atoms with Crippen molar-refractivity contribution >= 4 is 23.4 Å². The number of halogens is 1. The van der Waals surface area contributed by atoms with Crippen LogP contribution in [0.4, 0.5) is 0 Å². The standard InChI is InChI=1S/C12H16ClN3O2/c1-7(2)15-11(17)8-5-10(13)14-6-9(8)12(18)16(3)4/h5-7H,1-4H3,(H,15,17). The van der Waals surface area contributed by atoms with Crippen molar-refractivity contribution in [2.24, 2.45) is 0 Å². The van der Waals surface area contributed by atoms with Gasteiger partial charge in [-0.2, -0.15) is 0 Å². The Bertz CT molecular complexity index is 472. The third kappa shape index (κ3) is 3.43. The Hall–Kier alpha value is -1.62. The number of hydrogen-bond acceptors (Lipinski definition) is 3. The first-order valence-corrected chi connectivity index (χ1v) is 5.88. The van der Waals surface area contributed by atoms with Crippen molar-refractivity contribution in [1.82, 2.24) is 15.2 Å². The molecule has 0 aliphatic heterocycles. The molecule has 0 aromatic carbocycles. The zero-order chi connectivity index (χ0) is 13.9. The van der Waals surface area contributed by atoms with Gasteiger partial charge >= 0.3 is 0 Å². The van der Waals surface area contributed by atoms with E-state index in [9.17, 15) is 9.59 Å². The minimum absolute atomic E-state index is 0.0215. The second-order valence-electron chi connectivity index (χ2n) is 4.38. The fourth-order valence-electron chi connectivity index (χ4n) is 1.37. The van der Waals surface area contributed by atoms with Crippen LogP contribution in [0.15, 0.2) is 12.3 Å². The second-order valence-corrected chi connectivity index (χ2v) is 4.77. The van der Waals surface area contributed by atoms with E-state index >= 15 is 0 Å². The summed E-state index contributed by atoms with van der Waals surface area (Å²) in [4.78, 5) is 29.1. The van der Waals surface area contributed by atoms with E-state index in [4.69, 9.17) is 11.6 Å². The Morgan fingerprint density at radius 3 is 2.44 bits per heavy atom. The van der Waals surface area contributed by atoms with E-state index in [0.29, 0.717) is 0 Å². The molecule has 0 fully saturated rings. The van der Waals surface area contributed by atoms with Gasteiger partial charge in [-0.1, -0.05) is 11.6 Å². The van der Waals surface area contributed by atoms with E-state index in [1.54, 1.807) is 14.1 Å². The molecule has 0 unspecified atom stereocenters. The van der Waals surface area contributed by atoms with E-state index < -0.39 is 0 Å². The van der Waals surface area contributed by atoms with Gasteiger partial charge in [0.15, 0.2) is 0 Å². The molecule has 1 N–H and O–H groups in total. The van der Waals surface area contributed by atoms with Crippen LogP contribution in [0.5, 0.6) is 0 Å². The van der Waals surface area contributed by atoms with Gasteiger partial charge in [-0.05, 0) is 19.9 Å². The van der Waals surface area contributed by atoms with Crippen molar-refractivity contribution in [3.8, 4) is 0 Å². The summed E-state index contributed by atoms with van der Waals surface area (Å²) in [6, 6.07) is 1.38. The van der Waals surface area contributed by atoms with Gasteiger partial charge in [-0.15, -0.1) is 0 Å². The summed E-state index contributed by atoms with van der Waals surface area (Å²) in [6.45, 7) is 3.68. The largest absolute Gasteiger partial charge is 0.350 e. The minimum atomic E-state index is -0.334. The molecule has 0 bridgehead atoms. The molecule has 0 saturated heterocycles. The molecule has 2 amide bonds. The number of amides is 2. The molecule has 0 aliphatic rings. The number of nitrogens with one attached hydrogen (secondary N) is 1. The van der Waals surface area contributed by atoms with E-state index in [-0.39, 0.29) is 34.1 Å². The molecule has 0 atom stereocenters. The SMILES string of the molecule is CC(C)NC(=O)c1cc(Cl)ncc1C(=O)N(C)C. The van der Waals surface area contributed by atoms with Gasteiger partial charge in [0.25, 0.3) is 11.8 Å². The van der Waals surface area contributed by atoms with Crippen LogP contribution in [0, 0.1) is 0 Å². The summed E-state index contributed by atoms with van der Waals surface area (Å²) in [5.74, 6) is -0.618. The van der Waals surface area contributed by atoms with Crippen LogP contribution in [-0.2, 0) is 0 Å². The molecular weight excluding hydrogens is 254 g/mol. The van der Waals surface area contributed by atoms with Crippen LogP contribution < -0.4 is 5.32 Å². The highest BCUT2D eigenvalue weighted by Gasteiger charge is 2.20. The zero-order valence-electron chi connectivity index (χ0n) is 10.8. The number of carbonyl (C=O) groups is 2. The normalized spacial score (nSPS) is 10.3. The summed E-state index contributed by atoms with van der Waals surface area (Å²) in [7, 11) is 3.22. The highest BCUT2D eigenvalue weighted by atomic mass is 35.5. The number of carbonyl (C=O) groups excluding carboxylic acids is 2. The lowest BCUT2D eigenvalue weighted by molar-refractivity contribution is 0.0817. The van der Waals surface area contributed by atoms with Crippen LogP contribution in [0.2, 0.25) is 5.15 Å². The molecule has 0 spiro atoms. The Labute approximate surface area is 111 Å². The molecule has 0 aliphatic carbocycles. The number of nitrogens with zero attached hydrogens (tertiary/aromatic N) is 2. The molecule has 1 rings (SSSR count). The van der Waals surface area contributed by atoms with Crippen LogP contribution in [0.1, 0.15) is 34.6 Å². The molecular formula is C12H16ClN3O2. The smallest absolute Gasteiger partial charge is 0.255 e. The Morgan fingerprint density at radius 1 is 1.33 bits per heavy atom. The van der Waals surface area contributed by atoms with E-state index in [0.717, 1.165) is 0 Å². The third-order valence-electron chi connectivity index (χ3n) is 2.17. The summed E-state index contributed by atoms with van der Waals surface area (Å²) in [6.07, 6.45) is 1.32. The van der Waals surface area contributed by atoms with Crippen molar-refractivity contribution in [2.45, 2.75) is 19.9 Å². The van der Waals surface area contributed by atoms with Crippen molar-refractivity contribution in [3.63, 3.8) is 0 Å². The van der Waals surface area contributed by atoms with Gasteiger partial charge in [0.1, 0.15) is 5.15 Å². The Kier molecular flexibility index (Phi) is 4.67. The van der Waals surface area contributed by atoms with Crippen LogP contribution in [0.3, 0.4) is 0 Å². The molecule has 6 heteroatoms. The van der Waals surface area contributed by atoms with E-state index in [1.807, 2.05) is 13.8 Å². The van der Waals surface area contributed by atoms with Crippen LogP contribution in [0.25, 0.3) is 0 Å². The zero-order valence-corrected chi connectivity index (χ0v) is 11.6. The third-order valence-corrected chi connectivity index (χ3v) is 2.38. The average molecular weight is 270 g/mol. The van der Waals surface area contributed by atoms with Gasteiger partial charge < -0.3 is 10.2 Å². The molecule has 0 radical (unpaired) electrons. The minimum Gasteiger partial charge on any atom is -0.350 e. The van der Waals surface area contributed by atoms with Gasteiger partial charge in [0, 0.05) is 26.3 Å². The highest BCUT2D eigenvalue weighted by Crippen LogP contribution is 2.15. The summed E-state index contributed by atoms with van der Waals surface area (Å²) < 4.78 is 0. The van der Waals surface area contributed by atoms with Crippen molar-refractivity contribution in [3.05, 3.63) is 28.5 Å². The predicted molar refractivity (Wildman–Crippen MR) is 69.9 cm³/mol. The molecule has 1 aromatic heterocycles. The Balaban J connectivity index is 3.19. The van der Waals surface area contributed by atoms with Gasteiger partial charge in [0.2, 0.25) is 0 Å². The highest BCUT2D eigenvalue weighted by molar-refractivity contribution is 6.30. The first-order valence-electron chi connectivity index (χ1n) is 5.51. The number of rotatable bonds is 3. The fourth-order valence-corrected chi connectivity index (χ4v) is 1.53. The fraction of sp³-hybridized carbons (Fsp3) is 0.417. The van der Waals surface area contributed by atoms with Gasteiger partial charge in [-0.25, -0.2) is 4.98 Å². The summed E-state index contributed by atoms with van der Waals surface area (Å²) in [5.41, 5.74) is 0.477. The first-order chi connectivity index (χ1) is 8.32. The maximum absolute atomic E-state index is 12.0. The van der Waals surface area contributed by atoms with Crippen molar-refractivity contribution in [1.29, 1.82) is 0 Å². The lowest BCUT2D eigenvalue weighted by atomic mass is 10.1. The molecule has 0 saturated carbocycles. The number of hydrogen-bond donors (Lipinski definition) is 1. The van der Waals surface area contributed by atoms with Crippen LogP contribution in [-0.4, -0.2) is 41.8 Å².